The molecule has 4 saturated carbocycles. The van der Waals surface area contributed by atoms with Gasteiger partial charge >= 0.3 is 0 Å². The van der Waals surface area contributed by atoms with E-state index < -0.39 is 0 Å². The van der Waals surface area contributed by atoms with Gasteiger partial charge < -0.3 is 35.1 Å². The van der Waals surface area contributed by atoms with Gasteiger partial charge in [-0.25, -0.2) is 0 Å². The lowest BCUT2D eigenvalue weighted by Gasteiger charge is -2.62. The maximum absolute atomic E-state index is 12.7. The zero-order chi connectivity index (χ0) is 33.2. The van der Waals surface area contributed by atoms with E-state index in [1.165, 1.54) is 25.7 Å². The molecule has 0 spiro atoms. The second-order valence-corrected chi connectivity index (χ2v) is 15.9. The molecule has 0 aromatic carbocycles. The summed E-state index contributed by atoms with van der Waals surface area (Å²) < 4.78 is 16.6. The number of carbonyl (C=O) groups is 2. The van der Waals surface area contributed by atoms with E-state index in [4.69, 9.17) is 14.2 Å². The van der Waals surface area contributed by atoms with Gasteiger partial charge in [0.25, 0.3) is 0 Å². The molecule has 4 N–H and O–H groups in total. The van der Waals surface area contributed by atoms with Gasteiger partial charge in [-0.3, -0.25) is 9.59 Å². The normalized spacial score (nSPS) is 35.9. The fourth-order valence-electron chi connectivity index (χ4n) is 10.2. The van der Waals surface area contributed by atoms with Gasteiger partial charge in [0.15, 0.2) is 0 Å². The molecule has 10 heteroatoms. The van der Waals surface area contributed by atoms with Crippen molar-refractivity contribution in [2.24, 2.45) is 46.3 Å². The minimum atomic E-state index is -0.240. The maximum Gasteiger partial charge on any atom is 0.230 e. The van der Waals surface area contributed by atoms with Gasteiger partial charge in [0.05, 0.1) is 44.0 Å². The fraction of sp³-hybridized carbons (Fsp3) is 0.944. The average Bonchev–Trinajstić information content (AvgIpc) is 3.39. The molecule has 0 bridgehead atoms. The van der Waals surface area contributed by atoms with E-state index in [-0.39, 0.29) is 34.9 Å². The van der Waals surface area contributed by atoms with Gasteiger partial charge in [-0.2, -0.15) is 0 Å². The molecule has 4 fully saturated rings. The van der Waals surface area contributed by atoms with E-state index in [2.05, 4.69) is 47.3 Å². The Morgan fingerprint density at radius 2 is 1.39 bits per heavy atom. The number of rotatable bonds is 19. The summed E-state index contributed by atoms with van der Waals surface area (Å²) in [6.45, 7) is 11.8. The van der Waals surface area contributed by atoms with Crippen molar-refractivity contribution in [2.45, 2.75) is 110 Å². The average molecular weight is 716 g/mol. The van der Waals surface area contributed by atoms with Gasteiger partial charge in [-0.15, -0.1) is 0 Å². The first-order chi connectivity index (χ1) is 22.1. The largest absolute Gasteiger partial charge is 0.393 e. The highest BCUT2D eigenvalue weighted by atomic mass is 79.9. The second-order valence-electron chi connectivity index (χ2n) is 15.3. The number of amides is 2. The van der Waals surface area contributed by atoms with Gasteiger partial charge in [-0.1, -0.05) is 36.7 Å². The van der Waals surface area contributed by atoms with Crippen molar-refractivity contribution in [2.75, 3.05) is 58.1 Å². The maximum atomic E-state index is 12.7. The van der Waals surface area contributed by atoms with Crippen molar-refractivity contribution >= 4 is 27.7 Å². The Balaban J connectivity index is 1.05. The van der Waals surface area contributed by atoms with Crippen molar-refractivity contribution in [1.82, 2.24) is 10.6 Å². The summed E-state index contributed by atoms with van der Waals surface area (Å²) >= 11 is 3.11. The summed E-state index contributed by atoms with van der Waals surface area (Å²) in [6, 6.07) is 0. The zero-order valence-corrected chi connectivity index (χ0v) is 30.4. The SMILES string of the molecule is C[C@H](CCC(=O)NCCCOCCOCCOCCCNC(=O)CBr)[C@H]1CC[C@H]2C3[C@H](O)CC4C[C@H](O)CC[C@]4(C)[C@H]3CC[C@]12C. The van der Waals surface area contributed by atoms with Crippen LogP contribution in [0.1, 0.15) is 97.8 Å². The number of hydrogen-bond acceptors (Lipinski definition) is 7. The topological polar surface area (TPSA) is 126 Å². The summed E-state index contributed by atoms with van der Waals surface area (Å²) in [5.41, 5.74) is 0.507. The number of ether oxygens (including phenoxy) is 3. The third kappa shape index (κ3) is 9.68. The van der Waals surface area contributed by atoms with Crippen molar-refractivity contribution < 1.29 is 34.0 Å². The minimum absolute atomic E-state index is 0.0162. The van der Waals surface area contributed by atoms with Crippen LogP contribution in [0.15, 0.2) is 0 Å². The third-order valence-electron chi connectivity index (χ3n) is 12.7. The van der Waals surface area contributed by atoms with E-state index >= 15 is 0 Å². The molecule has 266 valence electrons. The summed E-state index contributed by atoms with van der Waals surface area (Å²) in [5.74, 6) is 3.20. The highest BCUT2D eigenvalue weighted by Crippen LogP contribution is 2.68. The molecule has 46 heavy (non-hydrogen) atoms. The Morgan fingerprint density at radius 1 is 0.804 bits per heavy atom. The van der Waals surface area contributed by atoms with E-state index in [9.17, 15) is 19.8 Å². The Kier molecular flexibility index (Phi) is 15.1. The quantitative estimate of drug-likeness (QED) is 0.111. The van der Waals surface area contributed by atoms with Crippen LogP contribution < -0.4 is 10.6 Å². The van der Waals surface area contributed by atoms with Crippen LogP contribution in [0, 0.1) is 46.3 Å². The molecule has 0 aliphatic heterocycles. The van der Waals surface area contributed by atoms with Gasteiger partial charge in [-0.05, 0) is 117 Å². The Hall–Kier alpha value is -0.780. The van der Waals surface area contributed by atoms with Crippen LogP contribution in [-0.4, -0.2) is 92.3 Å². The number of aliphatic hydroxyl groups is 2. The third-order valence-corrected chi connectivity index (χ3v) is 13.2. The van der Waals surface area contributed by atoms with Crippen molar-refractivity contribution in [3.8, 4) is 0 Å². The molecule has 2 unspecified atom stereocenters. The molecule has 2 amide bonds. The number of hydrogen-bond donors (Lipinski definition) is 4. The Labute approximate surface area is 286 Å². The predicted molar refractivity (Wildman–Crippen MR) is 183 cm³/mol. The molecule has 0 saturated heterocycles. The standard InChI is InChI=1S/C36H63BrN2O7/c1-25(6-9-32(42)38-14-4-16-44-18-20-46-21-19-45-17-5-15-39-33(43)24-37)28-7-8-29-34-30(11-13-36(28,29)3)35(2)12-10-27(40)22-26(35)23-31(34)41/h25-31,34,40-41H,4-24H2,1-3H3,(H,38,42)(H,39,43)/t25-,26?,27-,28-,29+,30+,31-,34?,35+,36-/m1/s1. The summed E-state index contributed by atoms with van der Waals surface area (Å²) in [7, 11) is 0. The van der Waals surface area contributed by atoms with Gasteiger partial charge in [0.1, 0.15) is 0 Å². The van der Waals surface area contributed by atoms with E-state index in [1.807, 2.05) is 0 Å². The first kappa shape index (κ1) is 38.0. The fourth-order valence-corrected chi connectivity index (χ4v) is 10.4. The van der Waals surface area contributed by atoms with Crippen LogP contribution in [0.2, 0.25) is 0 Å². The predicted octanol–water partition coefficient (Wildman–Crippen LogP) is 4.85. The van der Waals surface area contributed by atoms with Crippen molar-refractivity contribution in [1.29, 1.82) is 0 Å². The van der Waals surface area contributed by atoms with E-state index in [1.54, 1.807) is 0 Å². The molecule has 4 rings (SSSR count). The van der Waals surface area contributed by atoms with Crippen LogP contribution in [0.5, 0.6) is 0 Å². The first-order valence-corrected chi connectivity index (χ1v) is 19.4. The molecule has 4 aliphatic rings. The Morgan fingerprint density at radius 3 is 2.04 bits per heavy atom. The van der Waals surface area contributed by atoms with Crippen LogP contribution in [0.4, 0.5) is 0 Å². The molecule has 9 nitrogen and oxygen atoms in total. The summed E-state index contributed by atoms with van der Waals surface area (Å²) in [5, 5.41) is 28.0. The highest BCUT2D eigenvalue weighted by Gasteiger charge is 2.62. The molecule has 0 aromatic rings. The number of alkyl halides is 1. The molecule has 0 radical (unpaired) electrons. The van der Waals surface area contributed by atoms with Crippen LogP contribution in [-0.2, 0) is 23.8 Å². The molecule has 0 heterocycles. The van der Waals surface area contributed by atoms with Gasteiger partial charge in [0, 0.05) is 32.7 Å². The van der Waals surface area contributed by atoms with Crippen LogP contribution in [0.25, 0.3) is 0 Å². The lowest BCUT2D eigenvalue weighted by atomic mass is 9.43. The van der Waals surface area contributed by atoms with Crippen molar-refractivity contribution in [3.05, 3.63) is 0 Å². The highest BCUT2D eigenvalue weighted by molar-refractivity contribution is 9.09. The molecular formula is C36H63BrN2O7. The monoisotopic (exact) mass is 714 g/mol. The smallest absolute Gasteiger partial charge is 0.230 e. The molecule has 10 atom stereocenters. The zero-order valence-electron chi connectivity index (χ0n) is 28.8. The van der Waals surface area contributed by atoms with Crippen LogP contribution in [0.3, 0.4) is 0 Å². The number of fused-ring (bicyclic) bond motifs is 5. The molecule has 4 aliphatic carbocycles. The van der Waals surface area contributed by atoms with E-state index in [0.717, 1.165) is 44.9 Å². The van der Waals surface area contributed by atoms with Crippen molar-refractivity contribution in [3.63, 3.8) is 0 Å². The number of nitrogens with one attached hydrogen (secondary N) is 2. The summed E-state index contributed by atoms with van der Waals surface area (Å²) in [6.07, 6.45) is 11.2. The number of halogens is 1. The van der Waals surface area contributed by atoms with Gasteiger partial charge in [0.2, 0.25) is 11.8 Å². The minimum Gasteiger partial charge on any atom is -0.393 e. The lowest BCUT2D eigenvalue weighted by molar-refractivity contribution is -0.174. The number of carbonyl (C=O) groups excluding carboxylic acids is 2. The second kappa shape index (κ2) is 18.3. The van der Waals surface area contributed by atoms with Crippen LogP contribution >= 0.6 is 15.9 Å². The lowest BCUT2D eigenvalue weighted by Crippen LogP contribution is -2.58. The molecule has 0 aromatic heterocycles. The molecular weight excluding hydrogens is 652 g/mol. The summed E-state index contributed by atoms with van der Waals surface area (Å²) in [4.78, 5) is 23.8. The Bertz CT molecular complexity index is 957. The van der Waals surface area contributed by atoms with E-state index in [0.29, 0.717) is 100.0 Å². The first-order valence-electron chi connectivity index (χ1n) is 18.3. The number of aliphatic hydroxyl groups excluding tert-OH is 2.